The van der Waals surface area contributed by atoms with Crippen molar-refractivity contribution in [2.75, 3.05) is 11.5 Å². The first kappa shape index (κ1) is 27.1. The number of nitrogens with two attached hydrogens (primary N) is 2. The molecule has 8 fully saturated rings. The molecule has 45 heavy (non-hydrogen) atoms. The van der Waals surface area contributed by atoms with Crippen molar-refractivity contribution in [2.45, 2.75) is 88.1 Å². The summed E-state index contributed by atoms with van der Waals surface area (Å²) in [6.07, 6.45) is 18.1. The summed E-state index contributed by atoms with van der Waals surface area (Å²) in [4.78, 5) is 44.4. The molecular formula is C31H38N10O4. The molecule has 8 aliphatic carbocycles. The number of hydrogen-bond acceptors (Lipinski definition) is 9. The van der Waals surface area contributed by atoms with E-state index in [9.17, 15) is 19.5 Å². The zero-order valence-electron chi connectivity index (χ0n) is 25.1. The topological polar surface area (TPSA) is 194 Å². The number of hydrogen-bond donors (Lipinski definition) is 3. The predicted octanol–water partition coefficient (Wildman–Crippen LogP) is 2.50. The quantitative estimate of drug-likeness (QED) is 0.309. The first-order chi connectivity index (χ1) is 21.6. The fraction of sp³-hybridized carbons (Fsp3) is 0.645. The van der Waals surface area contributed by atoms with Gasteiger partial charge in [-0.2, -0.15) is 19.0 Å². The third-order valence-electron chi connectivity index (χ3n) is 12.2. The second-order valence-electron chi connectivity index (χ2n) is 15.2. The van der Waals surface area contributed by atoms with Gasteiger partial charge in [-0.25, -0.2) is 4.79 Å². The van der Waals surface area contributed by atoms with Crippen molar-refractivity contribution in [2.24, 2.45) is 35.5 Å². The first-order valence-corrected chi connectivity index (χ1v) is 16.3. The summed E-state index contributed by atoms with van der Waals surface area (Å²) in [6.45, 7) is 0. The van der Waals surface area contributed by atoms with Crippen LogP contribution < -0.4 is 22.6 Å². The van der Waals surface area contributed by atoms with E-state index in [0.717, 1.165) is 41.5 Å². The van der Waals surface area contributed by atoms with Crippen LogP contribution in [0.1, 0.15) is 87.4 Å². The Morgan fingerprint density at radius 2 is 1.13 bits per heavy atom. The first-order valence-electron chi connectivity index (χ1n) is 16.3. The van der Waals surface area contributed by atoms with Gasteiger partial charge in [-0.15, -0.1) is 10.2 Å². The molecule has 12 rings (SSSR count). The predicted molar refractivity (Wildman–Crippen MR) is 163 cm³/mol. The lowest BCUT2D eigenvalue weighted by Crippen LogP contribution is -2.52. The van der Waals surface area contributed by atoms with E-state index in [1.807, 2.05) is 10.8 Å². The summed E-state index contributed by atoms with van der Waals surface area (Å²) in [7, 11) is 0. The minimum absolute atomic E-state index is 0.00637. The Hall–Kier alpha value is -4.23. The van der Waals surface area contributed by atoms with E-state index in [2.05, 4.69) is 24.7 Å². The molecule has 4 aromatic heterocycles. The molecule has 236 valence electrons. The van der Waals surface area contributed by atoms with Crippen molar-refractivity contribution in [3.05, 3.63) is 44.7 Å². The van der Waals surface area contributed by atoms with Crippen LogP contribution in [0.25, 0.3) is 11.6 Å². The summed E-state index contributed by atoms with van der Waals surface area (Å²) in [5.74, 6) is 4.49. The van der Waals surface area contributed by atoms with E-state index in [1.54, 1.807) is 6.07 Å². The lowest BCUT2D eigenvalue weighted by molar-refractivity contribution is -0.0421. The molecule has 4 heterocycles. The Kier molecular flexibility index (Phi) is 5.52. The number of aromatic nitrogens is 8. The minimum atomic E-state index is -1.24. The van der Waals surface area contributed by atoms with E-state index in [4.69, 9.17) is 11.5 Å². The number of fused-ring (bicyclic) bond motifs is 2. The number of carbonyl (C=O) groups is 1. The van der Waals surface area contributed by atoms with Crippen LogP contribution >= 0.6 is 0 Å². The highest BCUT2D eigenvalue weighted by Crippen LogP contribution is 2.60. The number of nitrogen functional groups attached to an aromatic ring is 2. The maximum atomic E-state index is 12.4. The monoisotopic (exact) mass is 614 g/mol. The van der Waals surface area contributed by atoms with Crippen LogP contribution in [0, 0.1) is 35.5 Å². The molecule has 14 nitrogen and oxygen atoms in total. The second kappa shape index (κ2) is 9.16. The lowest BCUT2D eigenvalue weighted by atomic mass is 9.53. The van der Waals surface area contributed by atoms with Crippen LogP contribution in [0.2, 0.25) is 0 Å². The van der Waals surface area contributed by atoms with Gasteiger partial charge >= 0.3 is 5.97 Å². The van der Waals surface area contributed by atoms with Crippen molar-refractivity contribution in [1.82, 2.24) is 38.3 Å². The Morgan fingerprint density at radius 1 is 0.711 bits per heavy atom. The molecule has 0 aromatic carbocycles. The van der Waals surface area contributed by atoms with Gasteiger partial charge in [0.05, 0.1) is 0 Å². The zero-order chi connectivity index (χ0) is 30.8. The highest BCUT2D eigenvalue weighted by atomic mass is 16.4. The van der Waals surface area contributed by atoms with Gasteiger partial charge in [0.15, 0.2) is 0 Å². The van der Waals surface area contributed by atoms with E-state index in [-0.39, 0.29) is 34.1 Å². The molecule has 0 spiro atoms. The van der Waals surface area contributed by atoms with Crippen molar-refractivity contribution in [1.29, 1.82) is 0 Å². The Bertz CT molecular complexity index is 1930. The number of carboxylic acid groups (broad SMARTS) is 1. The third kappa shape index (κ3) is 4.02. The number of carboxylic acids is 1. The third-order valence-corrected chi connectivity index (χ3v) is 12.2. The van der Waals surface area contributed by atoms with Gasteiger partial charge in [0.2, 0.25) is 23.5 Å². The Morgan fingerprint density at radius 3 is 1.60 bits per heavy atom. The summed E-state index contributed by atoms with van der Waals surface area (Å²) >= 11 is 0. The lowest BCUT2D eigenvalue weighted by Gasteiger charge is -2.57. The summed E-state index contributed by atoms with van der Waals surface area (Å²) < 4.78 is 6.53. The van der Waals surface area contributed by atoms with E-state index in [0.29, 0.717) is 29.3 Å². The standard InChI is InChI=1S/C16H19N5O3.C15H19N5O/c17-14-18-15-20(7-11(13(23)24)12(22)21(15)19-14)16-4-8-1-9(5-16)3-10(2-8)6-16;16-13-17-14-19(2-1-12(21)20(14)18-13)15-6-9-3-10(7-15)5-11(4-9)8-15/h7-10H,1-6H2,(H2,17,19)(H,23,24);1-2,9-11H,3-8H2,(H2,16,18). The molecule has 0 atom stereocenters. The molecule has 0 unspecified atom stereocenters. The second-order valence-corrected chi connectivity index (χ2v) is 15.2. The number of rotatable bonds is 3. The molecule has 0 radical (unpaired) electrons. The number of aromatic carboxylic acids is 1. The van der Waals surface area contributed by atoms with Crippen molar-refractivity contribution in [3.63, 3.8) is 0 Å². The van der Waals surface area contributed by atoms with E-state index >= 15 is 0 Å². The van der Waals surface area contributed by atoms with Crippen LogP contribution in [-0.2, 0) is 11.1 Å². The Balaban J connectivity index is 0.000000126. The van der Waals surface area contributed by atoms with Gasteiger partial charge in [-0.05, 0) is 113 Å². The SMILES string of the molecule is Nc1nc2n(C34CC5CC(CC(C5)C3)C4)cc(C(=O)O)c(=O)n2n1.Nc1nc2n(C34CC5CC(CC(C5)C3)C4)ccc(=O)n2n1. The van der Waals surface area contributed by atoms with Gasteiger partial charge in [0.1, 0.15) is 5.56 Å². The molecule has 5 N–H and O–H groups in total. The molecule has 8 bridgehead atoms. The van der Waals surface area contributed by atoms with Crippen molar-refractivity contribution >= 4 is 29.4 Å². The highest BCUT2D eigenvalue weighted by Gasteiger charge is 2.53. The van der Waals surface area contributed by atoms with Crippen LogP contribution in [0.5, 0.6) is 0 Å². The van der Waals surface area contributed by atoms with Gasteiger partial charge in [-0.1, -0.05) is 0 Å². The van der Waals surface area contributed by atoms with E-state index in [1.165, 1.54) is 68.5 Å². The molecule has 0 aliphatic heterocycles. The van der Waals surface area contributed by atoms with Gasteiger partial charge in [-0.3, -0.25) is 9.59 Å². The molecule has 4 aromatic rings. The molecular weight excluding hydrogens is 576 g/mol. The van der Waals surface area contributed by atoms with Crippen LogP contribution in [0.15, 0.2) is 28.0 Å². The molecule has 0 amide bonds. The molecule has 0 saturated heterocycles. The molecule has 8 aliphatic rings. The van der Waals surface area contributed by atoms with Crippen LogP contribution in [-0.4, -0.2) is 49.4 Å². The van der Waals surface area contributed by atoms with Crippen LogP contribution in [0.3, 0.4) is 0 Å². The maximum absolute atomic E-state index is 12.4. The summed E-state index contributed by atoms with van der Waals surface area (Å²) in [5, 5.41) is 17.4. The van der Waals surface area contributed by atoms with Crippen molar-refractivity contribution < 1.29 is 9.90 Å². The van der Waals surface area contributed by atoms with E-state index < -0.39 is 11.5 Å². The summed E-state index contributed by atoms with van der Waals surface area (Å²) in [6, 6.07) is 1.60. The van der Waals surface area contributed by atoms with Crippen LogP contribution in [0.4, 0.5) is 11.9 Å². The Labute approximate surface area is 257 Å². The average molecular weight is 615 g/mol. The van der Waals surface area contributed by atoms with Gasteiger partial charge in [0, 0.05) is 29.5 Å². The fourth-order valence-electron chi connectivity index (χ4n) is 11.5. The highest BCUT2D eigenvalue weighted by molar-refractivity contribution is 5.87. The number of anilines is 2. The largest absolute Gasteiger partial charge is 0.477 e. The smallest absolute Gasteiger partial charge is 0.342 e. The molecule has 8 saturated carbocycles. The van der Waals surface area contributed by atoms with Crippen molar-refractivity contribution in [3.8, 4) is 0 Å². The maximum Gasteiger partial charge on any atom is 0.342 e. The number of nitrogens with zero attached hydrogens (tertiary/aromatic N) is 8. The van der Waals surface area contributed by atoms with Gasteiger partial charge in [0.25, 0.3) is 11.1 Å². The summed E-state index contributed by atoms with van der Waals surface area (Å²) in [5.41, 5.74) is 10.3. The minimum Gasteiger partial charge on any atom is -0.477 e. The fourth-order valence-corrected chi connectivity index (χ4v) is 11.5. The zero-order valence-corrected chi connectivity index (χ0v) is 25.1. The molecule has 14 heteroatoms. The average Bonchev–Trinajstić information content (AvgIpc) is 3.55. The normalized spacial score (nSPS) is 35.6. The van der Waals surface area contributed by atoms with Gasteiger partial charge < -0.3 is 25.7 Å².